The Labute approximate surface area is 134 Å². The van der Waals surface area contributed by atoms with Gasteiger partial charge >= 0.3 is 0 Å². The fourth-order valence-corrected chi connectivity index (χ4v) is 2.09. The highest BCUT2D eigenvalue weighted by Gasteiger charge is 2.21. The number of ether oxygens (including phenoxy) is 1. The average molecular weight is 306 g/mol. The van der Waals surface area contributed by atoms with Crippen molar-refractivity contribution in [1.82, 2.24) is 5.32 Å². The molecule has 1 aromatic carbocycles. The Morgan fingerprint density at radius 3 is 2.59 bits per heavy atom. The molecule has 0 aliphatic heterocycles. The zero-order valence-electron chi connectivity index (χ0n) is 14.0. The van der Waals surface area contributed by atoms with Crippen molar-refractivity contribution < 1.29 is 9.84 Å². The molecule has 0 amide bonds. The van der Waals surface area contributed by atoms with Crippen LogP contribution in [0, 0.1) is 0 Å². The Hall–Kier alpha value is -1.20. The summed E-state index contributed by atoms with van der Waals surface area (Å²) in [6.07, 6.45) is 0.0663. The maximum atomic E-state index is 10.2. The van der Waals surface area contributed by atoms with Crippen LogP contribution in [0.5, 0.6) is 0 Å². The average Bonchev–Trinajstić information content (AvgIpc) is 2.45. The zero-order valence-corrected chi connectivity index (χ0v) is 14.0. The quantitative estimate of drug-likeness (QED) is 0.577. The van der Waals surface area contributed by atoms with Gasteiger partial charge in [0, 0.05) is 18.1 Å². The summed E-state index contributed by atoms with van der Waals surface area (Å²) in [5.41, 5.74) is 8.00. The van der Waals surface area contributed by atoms with E-state index in [9.17, 15) is 5.11 Å². The van der Waals surface area contributed by atoms with Crippen molar-refractivity contribution in [1.29, 1.82) is 0 Å². The number of nitrogens with one attached hydrogen (secondary N) is 1. The smallest absolute Gasteiger partial charge is 0.0818 e. The van der Waals surface area contributed by atoms with Gasteiger partial charge in [0.05, 0.1) is 19.3 Å². The summed E-state index contributed by atoms with van der Waals surface area (Å²) in [5.74, 6) is 0. The van der Waals surface area contributed by atoms with Crippen LogP contribution in [0.4, 0.5) is 0 Å². The minimum Gasteiger partial charge on any atom is -0.390 e. The van der Waals surface area contributed by atoms with Crippen molar-refractivity contribution in [2.24, 2.45) is 5.73 Å². The number of hydrogen-bond acceptors (Lipinski definition) is 4. The molecule has 0 aromatic heterocycles. The van der Waals surface area contributed by atoms with E-state index < -0.39 is 6.10 Å². The molecule has 0 fully saturated rings. The van der Waals surface area contributed by atoms with Crippen molar-refractivity contribution in [2.75, 3.05) is 19.8 Å². The van der Waals surface area contributed by atoms with Crippen LogP contribution in [-0.4, -0.2) is 42.5 Å². The standard InChI is InChI=1S/C18H30N2O2/c1-14(2)12-22-13-18(3,4)20-11-17(21)16(19)10-15-8-6-5-7-9-15/h5-9,16-17,20-21H,1,10-13,19H2,2-4H3/t16-,17+/m0/s1. The van der Waals surface area contributed by atoms with E-state index in [0.717, 1.165) is 11.1 Å². The molecule has 0 saturated carbocycles. The van der Waals surface area contributed by atoms with Crippen LogP contribution >= 0.6 is 0 Å². The number of hydrogen-bond donors (Lipinski definition) is 3. The summed E-state index contributed by atoms with van der Waals surface area (Å²) in [4.78, 5) is 0. The first-order valence-electron chi connectivity index (χ1n) is 7.75. The lowest BCUT2D eigenvalue weighted by Crippen LogP contribution is -2.51. The molecular formula is C18H30N2O2. The minimum absolute atomic E-state index is 0.219. The second-order valence-corrected chi connectivity index (χ2v) is 6.64. The van der Waals surface area contributed by atoms with Crippen LogP contribution in [0.1, 0.15) is 26.3 Å². The van der Waals surface area contributed by atoms with Crippen molar-refractivity contribution in [3.8, 4) is 0 Å². The van der Waals surface area contributed by atoms with E-state index >= 15 is 0 Å². The van der Waals surface area contributed by atoms with E-state index in [0.29, 0.717) is 26.2 Å². The highest BCUT2D eigenvalue weighted by atomic mass is 16.5. The maximum Gasteiger partial charge on any atom is 0.0818 e. The molecule has 4 N–H and O–H groups in total. The molecule has 4 nitrogen and oxygen atoms in total. The van der Waals surface area contributed by atoms with Crippen LogP contribution in [0.3, 0.4) is 0 Å². The van der Waals surface area contributed by atoms with E-state index in [-0.39, 0.29) is 11.6 Å². The molecule has 1 rings (SSSR count). The lowest BCUT2D eigenvalue weighted by atomic mass is 10.0. The normalized spacial score (nSPS) is 14.6. The van der Waals surface area contributed by atoms with Gasteiger partial charge in [0.15, 0.2) is 0 Å². The molecule has 1 aromatic rings. The number of benzene rings is 1. The van der Waals surface area contributed by atoms with Gasteiger partial charge < -0.3 is 20.9 Å². The monoisotopic (exact) mass is 306 g/mol. The third-order valence-corrected chi connectivity index (χ3v) is 3.41. The Balaban J connectivity index is 2.34. The first-order chi connectivity index (χ1) is 10.3. The number of aliphatic hydroxyl groups is 1. The van der Waals surface area contributed by atoms with E-state index in [1.165, 1.54) is 0 Å². The second kappa shape index (κ2) is 9.06. The Morgan fingerprint density at radius 2 is 2.00 bits per heavy atom. The topological polar surface area (TPSA) is 67.5 Å². The third-order valence-electron chi connectivity index (χ3n) is 3.41. The molecule has 22 heavy (non-hydrogen) atoms. The summed E-state index contributed by atoms with van der Waals surface area (Å²) in [6, 6.07) is 9.69. The van der Waals surface area contributed by atoms with E-state index in [4.69, 9.17) is 10.5 Å². The fraction of sp³-hybridized carbons (Fsp3) is 0.556. The van der Waals surface area contributed by atoms with Gasteiger partial charge in [0.1, 0.15) is 0 Å². The number of β-amino-alcohol motifs (C(OH)–C–C–N with tert-alkyl or cyclic N) is 1. The molecule has 0 radical (unpaired) electrons. The van der Waals surface area contributed by atoms with Gasteiger partial charge in [-0.2, -0.15) is 0 Å². The van der Waals surface area contributed by atoms with Gasteiger partial charge in [-0.25, -0.2) is 0 Å². The summed E-state index contributed by atoms with van der Waals surface area (Å²) in [7, 11) is 0. The second-order valence-electron chi connectivity index (χ2n) is 6.64. The lowest BCUT2D eigenvalue weighted by Gasteiger charge is -2.29. The summed E-state index contributed by atoms with van der Waals surface area (Å²) >= 11 is 0. The van der Waals surface area contributed by atoms with Crippen molar-refractivity contribution in [3.63, 3.8) is 0 Å². The van der Waals surface area contributed by atoms with Gasteiger partial charge in [0.2, 0.25) is 0 Å². The number of rotatable bonds is 10. The van der Waals surface area contributed by atoms with Gasteiger partial charge in [-0.3, -0.25) is 0 Å². The van der Waals surface area contributed by atoms with Crippen LogP contribution in [-0.2, 0) is 11.2 Å². The first kappa shape index (κ1) is 18.8. The van der Waals surface area contributed by atoms with Gasteiger partial charge in [-0.05, 0) is 32.8 Å². The van der Waals surface area contributed by atoms with Crippen LogP contribution in [0.25, 0.3) is 0 Å². The molecule has 0 heterocycles. The Morgan fingerprint density at radius 1 is 1.36 bits per heavy atom. The summed E-state index contributed by atoms with van der Waals surface area (Å²) in [5, 5.41) is 13.5. The third kappa shape index (κ3) is 7.71. The SMILES string of the molecule is C=C(C)COCC(C)(C)NC[C@@H](O)[C@@H](N)Cc1ccccc1. The minimum atomic E-state index is -0.597. The largest absolute Gasteiger partial charge is 0.390 e. The Kier molecular flexibility index (Phi) is 7.76. The molecule has 0 spiro atoms. The molecule has 124 valence electrons. The van der Waals surface area contributed by atoms with Crippen LogP contribution in [0.2, 0.25) is 0 Å². The lowest BCUT2D eigenvalue weighted by molar-refractivity contribution is 0.0803. The summed E-state index contributed by atoms with van der Waals surface area (Å²) in [6.45, 7) is 11.4. The van der Waals surface area contributed by atoms with E-state index in [1.54, 1.807) is 0 Å². The van der Waals surface area contributed by atoms with Gasteiger partial charge in [-0.1, -0.05) is 42.5 Å². The molecule has 0 saturated heterocycles. The highest BCUT2D eigenvalue weighted by Crippen LogP contribution is 2.07. The molecule has 0 unspecified atom stereocenters. The highest BCUT2D eigenvalue weighted by molar-refractivity contribution is 5.16. The first-order valence-corrected chi connectivity index (χ1v) is 7.75. The molecule has 2 atom stereocenters. The van der Waals surface area contributed by atoms with Crippen molar-refractivity contribution in [2.45, 2.75) is 44.9 Å². The number of nitrogens with two attached hydrogens (primary N) is 1. The molecule has 4 heteroatoms. The maximum absolute atomic E-state index is 10.2. The van der Waals surface area contributed by atoms with Crippen LogP contribution in [0.15, 0.2) is 42.5 Å². The number of aliphatic hydroxyl groups excluding tert-OH is 1. The predicted molar refractivity (Wildman–Crippen MR) is 91.8 cm³/mol. The van der Waals surface area contributed by atoms with Crippen molar-refractivity contribution in [3.05, 3.63) is 48.0 Å². The fourth-order valence-electron chi connectivity index (χ4n) is 2.09. The molecule has 0 bridgehead atoms. The zero-order chi connectivity index (χ0) is 16.6. The predicted octanol–water partition coefficient (Wildman–Crippen LogP) is 1.88. The molecule has 0 aliphatic rings. The Bertz CT molecular complexity index is 446. The van der Waals surface area contributed by atoms with Gasteiger partial charge in [-0.15, -0.1) is 0 Å². The van der Waals surface area contributed by atoms with E-state index in [1.807, 2.05) is 51.1 Å². The van der Waals surface area contributed by atoms with Gasteiger partial charge in [0.25, 0.3) is 0 Å². The van der Waals surface area contributed by atoms with Crippen LogP contribution < -0.4 is 11.1 Å². The molecular weight excluding hydrogens is 276 g/mol. The van der Waals surface area contributed by atoms with Crippen molar-refractivity contribution >= 4 is 0 Å². The summed E-state index contributed by atoms with van der Waals surface area (Å²) < 4.78 is 5.57. The van der Waals surface area contributed by atoms with E-state index in [2.05, 4.69) is 11.9 Å². The molecule has 0 aliphatic carbocycles.